The first kappa shape index (κ1) is 24.6. The zero-order valence-electron chi connectivity index (χ0n) is 20.5. The summed E-state index contributed by atoms with van der Waals surface area (Å²) in [6.45, 7) is 2.56. The minimum absolute atomic E-state index is 0.198. The molecular weight excluding hydrogens is 532 g/mol. The fourth-order valence-corrected chi connectivity index (χ4v) is 4.69. The smallest absolute Gasteiger partial charge is 0.329 e. The number of hydrogen-bond donors (Lipinski definition) is 1. The van der Waals surface area contributed by atoms with Crippen molar-refractivity contribution in [3.05, 3.63) is 111 Å². The summed E-state index contributed by atoms with van der Waals surface area (Å²) in [5.74, 6) is 0.698. The first-order chi connectivity index (χ1) is 17.9. The average Bonchev–Trinajstić information content (AvgIpc) is 3.17. The Morgan fingerprint density at radius 3 is 2.49 bits per heavy atom. The predicted octanol–water partition coefficient (Wildman–Crippen LogP) is 6.59. The molecule has 0 atom stereocenters. The van der Waals surface area contributed by atoms with Gasteiger partial charge in [-0.1, -0.05) is 88.2 Å². The molecule has 0 aromatic heterocycles. The maximum Gasteiger partial charge on any atom is 0.329 e. The number of carbonyl (C=O) groups excluding carboxylic acids is 2. The standard InChI is InChI=1S/C30H25BrN2O4/c1-19-10-12-20(13-11-19)17-33-29(34)26(32-30(33)35)14-23-15-27(36-2)28(16-25(23)31)37-18-22-8-5-7-21-6-3-4-9-24(21)22/h3-16H,17-18H2,1-2H3,(H,32,35)/b26-14+. The number of urea groups is 1. The molecule has 1 heterocycles. The van der Waals surface area contributed by atoms with Crippen molar-refractivity contribution in [1.82, 2.24) is 10.2 Å². The molecule has 0 bridgehead atoms. The third-order valence-corrected chi connectivity index (χ3v) is 6.96. The lowest BCUT2D eigenvalue weighted by Gasteiger charge is -2.14. The fourth-order valence-electron chi connectivity index (χ4n) is 4.25. The molecule has 1 N–H and O–H groups in total. The molecule has 4 aromatic carbocycles. The number of hydrogen-bond acceptors (Lipinski definition) is 4. The van der Waals surface area contributed by atoms with Gasteiger partial charge in [-0.05, 0) is 52.6 Å². The zero-order chi connectivity index (χ0) is 25.9. The minimum atomic E-state index is -0.449. The van der Waals surface area contributed by atoms with Crippen LogP contribution >= 0.6 is 15.9 Å². The summed E-state index contributed by atoms with van der Waals surface area (Å²) in [6.07, 6.45) is 1.64. The topological polar surface area (TPSA) is 67.9 Å². The number of rotatable bonds is 7. The van der Waals surface area contributed by atoms with Gasteiger partial charge in [0.2, 0.25) is 0 Å². The Bertz CT molecular complexity index is 1520. The number of aryl methyl sites for hydroxylation is 1. The van der Waals surface area contributed by atoms with Crippen LogP contribution in [-0.2, 0) is 17.9 Å². The number of fused-ring (bicyclic) bond motifs is 1. The second kappa shape index (κ2) is 10.5. The highest BCUT2D eigenvalue weighted by molar-refractivity contribution is 9.10. The molecule has 0 saturated carbocycles. The van der Waals surface area contributed by atoms with Crippen LogP contribution in [0, 0.1) is 6.92 Å². The number of nitrogens with one attached hydrogen (secondary N) is 1. The van der Waals surface area contributed by atoms with E-state index in [0.717, 1.165) is 27.5 Å². The van der Waals surface area contributed by atoms with Gasteiger partial charge in [0, 0.05) is 4.47 Å². The van der Waals surface area contributed by atoms with E-state index >= 15 is 0 Å². The van der Waals surface area contributed by atoms with Crippen LogP contribution in [0.2, 0.25) is 0 Å². The van der Waals surface area contributed by atoms with Gasteiger partial charge in [-0.3, -0.25) is 9.69 Å². The lowest BCUT2D eigenvalue weighted by molar-refractivity contribution is -0.123. The molecule has 0 radical (unpaired) electrons. The van der Waals surface area contributed by atoms with Crippen LogP contribution in [0.4, 0.5) is 4.79 Å². The normalized spacial score (nSPS) is 14.4. The zero-order valence-corrected chi connectivity index (χ0v) is 22.0. The highest BCUT2D eigenvalue weighted by atomic mass is 79.9. The number of benzene rings is 4. The highest BCUT2D eigenvalue weighted by Crippen LogP contribution is 2.36. The molecule has 0 aliphatic carbocycles. The molecule has 0 spiro atoms. The second-order valence-electron chi connectivity index (χ2n) is 8.82. The van der Waals surface area contributed by atoms with Gasteiger partial charge in [0.05, 0.1) is 13.7 Å². The largest absolute Gasteiger partial charge is 0.493 e. The number of nitrogens with zero attached hydrogens (tertiary/aromatic N) is 1. The number of imide groups is 1. The van der Waals surface area contributed by atoms with E-state index in [4.69, 9.17) is 9.47 Å². The van der Waals surface area contributed by atoms with Crippen LogP contribution in [0.3, 0.4) is 0 Å². The van der Waals surface area contributed by atoms with Crippen LogP contribution < -0.4 is 14.8 Å². The summed E-state index contributed by atoms with van der Waals surface area (Å²) in [5, 5.41) is 4.97. The van der Waals surface area contributed by atoms with Crippen molar-refractivity contribution in [2.45, 2.75) is 20.1 Å². The Hall–Kier alpha value is -4.10. The van der Waals surface area contributed by atoms with E-state index in [1.54, 1.807) is 19.3 Å². The summed E-state index contributed by atoms with van der Waals surface area (Å²) >= 11 is 3.58. The molecule has 0 unspecified atom stereocenters. The van der Waals surface area contributed by atoms with Crippen molar-refractivity contribution in [2.24, 2.45) is 0 Å². The monoisotopic (exact) mass is 556 g/mol. The summed E-state index contributed by atoms with van der Waals surface area (Å²) in [5.41, 5.74) is 3.94. The fraction of sp³-hybridized carbons (Fsp3) is 0.133. The maximum atomic E-state index is 13.0. The number of amides is 3. The molecule has 1 fully saturated rings. The molecular formula is C30H25BrN2O4. The third kappa shape index (κ3) is 5.22. The average molecular weight is 557 g/mol. The molecule has 1 aliphatic heterocycles. The van der Waals surface area contributed by atoms with E-state index in [-0.39, 0.29) is 18.1 Å². The Morgan fingerprint density at radius 2 is 1.70 bits per heavy atom. The van der Waals surface area contributed by atoms with Crippen LogP contribution in [0.15, 0.2) is 89.0 Å². The Morgan fingerprint density at radius 1 is 0.946 bits per heavy atom. The van der Waals surface area contributed by atoms with E-state index in [1.807, 2.05) is 61.5 Å². The molecule has 7 heteroatoms. The third-order valence-electron chi connectivity index (χ3n) is 6.27. The molecule has 1 aliphatic rings. The van der Waals surface area contributed by atoms with Gasteiger partial charge in [-0.2, -0.15) is 0 Å². The molecule has 37 heavy (non-hydrogen) atoms. The van der Waals surface area contributed by atoms with E-state index in [1.165, 1.54) is 4.90 Å². The predicted molar refractivity (Wildman–Crippen MR) is 147 cm³/mol. The quantitative estimate of drug-likeness (QED) is 0.206. The van der Waals surface area contributed by atoms with Gasteiger partial charge in [-0.15, -0.1) is 0 Å². The maximum absolute atomic E-state index is 13.0. The number of halogens is 1. The summed E-state index contributed by atoms with van der Waals surface area (Å²) in [7, 11) is 1.57. The van der Waals surface area contributed by atoms with Crippen molar-refractivity contribution in [3.63, 3.8) is 0 Å². The van der Waals surface area contributed by atoms with Crippen molar-refractivity contribution in [3.8, 4) is 11.5 Å². The van der Waals surface area contributed by atoms with Crippen LogP contribution in [0.1, 0.15) is 22.3 Å². The van der Waals surface area contributed by atoms with E-state index in [9.17, 15) is 9.59 Å². The van der Waals surface area contributed by atoms with E-state index in [0.29, 0.717) is 28.1 Å². The minimum Gasteiger partial charge on any atom is -0.493 e. The molecule has 186 valence electrons. The second-order valence-corrected chi connectivity index (χ2v) is 9.67. The van der Waals surface area contributed by atoms with Crippen LogP contribution in [0.25, 0.3) is 16.8 Å². The Balaban J connectivity index is 1.36. The lowest BCUT2D eigenvalue weighted by atomic mass is 10.1. The van der Waals surface area contributed by atoms with Gasteiger partial charge in [-0.25, -0.2) is 4.79 Å². The number of methoxy groups -OCH3 is 1. The van der Waals surface area contributed by atoms with Gasteiger partial charge in [0.15, 0.2) is 11.5 Å². The number of ether oxygens (including phenoxy) is 2. The number of carbonyl (C=O) groups is 2. The van der Waals surface area contributed by atoms with Gasteiger partial charge < -0.3 is 14.8 Å². The van der Waals surface area contributed by atoms with Crippen LogP contribution in [-0.4, -0.2) is 23.9 Å². The highest BCUT2D eigenvalue weighted by Gasteiger charge is 2.33. The lowest BCUT2D eigenvalue weighted by Crippen LogP contribution is -2.30. The first-order valence-electron chi connectivity index (χ1n) is 11.8. The molecule has 3 amide bonds. The molecule has 4 aromatic rings. The SMILES string of the molecule is COc1cc(/C=C2/NC(=O)N(Cc3ccc(C)cc3)C2=O)c(Br)cc1OCc1cccc2ccccc12. The van der Waals surface area contributed by atoms with Gasteiger partial charge in [0.25, 0.3) is 5.91 Å². The van der Waals surface area contributed by atoms with Crippen LogP contribution in [0.5, 0.6) is 11.5 Å². The molecule has 1 saturated heterocycles. The molecule has 5 rings (SSSR count). The Labute approximate surface area is 223 Å². The summed E-state index contributed by atoms with van der Waals surface area (Å²) in [6, 6.07) is 25.2. The van der Waals surface area contributed by atoms with Gasteiger partial charge in [0.1, 0.15) is 12.3 Å². The van der Waals surface area contributed by atoms with Crippen molar-refractivity contribution >= 4 is 44.7 Å². The molecule has 6 nitrogen and oxygen atoms in total. The van der Waals surface area contributed by atoms with Gasteiger partial charge >= 0.3 is 6.03 Å². The van der Waals surface area contributed by atoms with Crippen molar-refractivity contribution in [1.29, 1.82) is 0 Å². The summed E-state index contributed by atoms with van der Waals surface area (Å²) < 4.78 is 12.4. The van der Waals surface area contributed by atoms with E-state index in [2.05, 4.69) is 39.4 Å². The Kier molecular flexibility index (Phi) is 6.97. The van der Waals surface area contributed by atoms with Crippen molar-refractivity contribution < 1.29 is 19.1 Å². The van der Waals surface area contributed by atoms with E-state index < -0.39 is 6.03 Å². The summed E-state index contributed by atoms with van der Waals surface area (Å²) in [4.78, 5) is 26.7. The van der Waals surface area contributed by atoms with Crippen molar-refractivity contribution in [2.75, 3.05) is 7.11 Å². The first-order valence-corrected chi connectivity index (χ1v) is 12.6.